The van der Waals surface area contributed by atoms with E-state index < -0.39 is 0 Å². The minimum absolute atomic E-state index is 0.153. The van der Waals surface area contributed by atoms with Crippen molar-refractivity contribution in [1.82, 2.24) is 9.88 Å². The lowest BCUT2D eigenvalue weighted by atomic mass is 10.1. The van der Waals surface area contributed by atoms with Crippen molar-refractivity contribution in [2.24, 2.45) is 7.05 Å². The van der Waals surface area contributed by atoms with Gasteiger partial charge in [-0.3, -0.25) is 4.79 Å². The van der Waals surface area contributed by atoms with E-state index in [0.717, 1.165) is 38.7 Å². The molecule has 1 aliphatic heterocycles. The second kappa shape index (κ2) is 7.48. The van der Waals surface area contributed by atoms with E-state index in [0.29, 0.717) is 12.5 Å². The van der Waals surface area contributed by atoms with E-state index in [4.69, 9.17) is 4.74 Å². The number of ether oxygens (including phenoxy) is 1. The summed E-state index contributed by atoms with van der Waals surface area (Å²) in [6, 6.07) is 4.41. The molecule has 1 saturated heterocycles. The first-order valence-corrected chi connectivity index (χ1v) is 7.66. The Morgan fingerprint density at radius 2 is 2.45 bits per heavy atom. The summed E-state index contributed by atoms with van der Waals surface area (Å²) in [4.78, 5) is 11.9. The van der Waals surface area contributed by atoms with Gasteiger partial charge in [-0.2, -0.15) is 0 Å². The van der Waals surface area contributed by atoms with Crippen molar-refractivity contribution in [3.8, 4) is 0 Å². The molecular formula is C16H26N2O2. The molecule has 1 N–H and O–H groups in total. The lowest BCUT2D eigenvalue weighted by Gasteiger charge is -2.15. The molecule has 2 heterocycles. The third-order valence-electron chi connectivity index (χ3n) is 4.01. The van der Waals surface area contributed by atoms with E-state index in [1.54, 1.807) is 0 Å². The first-order chi connectivity index (χ1) is 9.65. The van der Waals surface area contributed by atoms with Gasteiger partial charge in [0.25, 0.3) is 0 Å². The Morgan fingerprint density at radius 3 is 3.10 bits per heavy atom. The highest BCUT2D eigenvalue weighted by molar-refractivity contribution is 5.76. The molecule has 1 aliphatic rings. The SMILES string of the molecule is C[C@H](CCc1cccn1C)NC(=O)CC[C@@H]1CCCO1. The van der Waals surface area contributed by atoms with Crippen LogP contribution in [0, 0.1) is 0 Å². The third-order valence-corrected chi connectivity index (χ3v) is 4.01. The van der Waals surface area contributed by atoms with Crippen molar-refractivity contribution in [3.63, 3.8) is 0 Å². The highest BCUT2D eigenvalue weighted by Gasteiger charge is 2.17. The number of aromatic nitrogens is 1. The molecular weight excluding hydrogens is 252 g/mol. The van der Waals surface area contributed by atoms with Gasteiger partial charge >= 0.3 is 0 Å². The van der Waals surface area contributed by atoms with Crippen LogP contribution >= 0.6 is 0 Å². The highest BCUT2D eigenvalue weighted by atomic mass is 16.5. The third kappa shape index (κ3) is 4.67. The first kappa shape index (κ1) is 15.1. The first-order valence-electron chi connectivity index (χ1n) is 7.66. The lowest BCUT2D eigenvalue weighted by molar-refractivity contribution is -0.122. The zero-order chi connectivity index (χ0) is 14.4. The molecule has 4 nitrogen and oxygen atoms in total. The maximum atomic E-state index is 11.9. The van der Waals surface area contributed by atoms with Crippen molar-refractivity contribution >= 4 is 5.91 Å². The van der Waals surface area contributed by atoms with Gasteiger partial charge in [-0.25, -0.2) is 0 Å². The van der Waals surface area contributed by atoms with Gasteiger partial charge in [0.15, 0.2) is 0 Å². The Bertz CT molecular complexity index is 422. The van der Waals surface area contributed by atoms with E-state index in [-0.39, 0.29) is 11.9 Å². The molecule has 0 spiro atoms. The van der Waals surface area contributed by atoms with Crippen LogP contribution in [-0.4, -0.2) is 29.2 Å². The fourth-order valence-corrected chi connectivity index (χ4v) is 2.70. The van der Waals surface area contributed by atoms with E-state index in [9.17, 15) is 4.79 Å². The van der Waals surface area contributed by atoms with Gasteiger partial charge in [0.2, 0.25) is 5.91 Å². The predicted octanol–water partition coefficient (Wildman–Crippen LogP) is 2.42. The van der Waals surface area contributed by atoms with Crippen LogP contribution in [0.5, 0.6) is 0 Å². The molecule has 2 atom stereocenters. The molecule has 1 aromatic heterocycles. The molecule has 0 aliphatic carbocycles. The molecule has 1 fully saturated rings. The molecule has 2 rings (SSSR count). The van der Waals surface area contributed by atoms with Crippen LogP contribution < -0.4 is 5.32 Å². The lowest BCUT2D eigenvalue weighted by Crippen LogP contribution is -2.33. The van der Waals surface area contributed by atoms with Crippen LogP contribution in [0.25, 0.3) is 0 Å². The molecule has 0 radical (unpaired) electrons. The van der Waals surface area contributed by atoms with Crippen LogP contribution in [0.1, 0.15) is 44.7 Å². The standard InChI is InChI=1S/C16H26N2O2/c1-13(7-8-14-5-3-11-18(14)2)17-16(19)10-9-15-6-4-12-20-15/h3,5,11,13,15H,4,6-10,12H2,1-2H3,(H,17,19)/t13-,15+/m1/s1. The number of nitrogens with zero attached hydrogens (tertiary/aromatic N) is 1. The van der Waals surface area contributed by atoms with Crippen molar-refractivity contribution in [2.45, 2.75) is 57.6 Å². The van der Waals surface area contributed by atoms with Crippen LogP contribution in [0.15, 0.2) is 18.3 Å². The maximum absolute atomic E-state index is 11.9. The molecule has 1 amide bonds. The Hall–Kier alpha value is -1.29. The zero-order valence-corrected chi connectivity index (χ0v) is 12.6. The summed E-state index contributed by atoms with van der Waals surface area (Å²) in [5.74, 6) is 0.153. The average molecular weight is 278 g/mol. The van der Waals surface area contributed by atoms with Crippen LogP contribution in [0.2, 0.25) is 0 Å². The summed E-state index contributed by atoms with van der Waals surface area (Å²) in [5, 5.41) is 3.08. The number of aryl methyl sites for hydroxylation is 2. The number of hydrogen-bond acceptors (Lipinski definition) is 2. The van der Waals surface area contributed by atoms with Crippen LogP contribution in [0.3, 0.4) is 0 Å². The molecule has 1 aromatic rings. The Morgan fingerprint density at radius 1 is 1.60 bits per heavy atom. The van der Waals surface area contributed by atoms with Crippen molar-refractivity contribution in [1.29, 1.82) is 0 Å². The summed E-state index contributed by atoms with van der Waals surface area (Å²) in [6.45, 7) is 2.94. The smallest absolute Gasteiger partial charge is 0.220 e. The van der Waals surface area contributed by atoms with E-state index in [2.05, 4.69) is 42.2 Å². The number of carbonyl (C=O) groups excluding carboxylic acids is 1. The zero-order valence-electron chi connectivity index (χ0n) is 12.6. The van der Waals surface area contributed by atoms with Gasteiger partial charge in [-0.15, -0.1) is 0 Å². The van der Waals surface area contributed by atoms with Crippen molar-refractivity contribution in [3.05, 3.63) is 24.0 Å². The molecule has 4 heteroatoms. The van der Waals surface area contributed by atoms with E-state index >= 15 is 0 Å². The monoisotopic (exact) mass is 278 g/mol. The summed E-state index contributed by atoms with van der Waals surface area (Å²) in [6.07, 6.45) is 8.02. The molecule has 0 saturated carbocycles. The summed E-state index contributed by atoms with van der Waals surface area (Å²) in [7, 11) is 2.06. The van der Waals surface area contributed by atoms with Gasteiger partial charge in [0.05, 0.1) is 6.10 Å². The van der Waals surface area contributed by atoms with Crippen molar-refractivity contribution in [2.75, 3.05) is 6.61 Å². The average Bonchev–Trinajstić information content (AvgIpc) is 3.05. The number of rotatable bonds is 7. The summed E-state index contributed by atoms with van der Waals surface area (Å²) < 4.78 is 7.67. The van der Waals surface area contributed by atoms with Gasteiger partial charge in [-0.05, 0) is 51.2 Å². The Kier molecular flexibility index (Phi) is 5.65. The minimum Gasteiger partial charge on any atom is -0.378 e. The van der Waals surface area contributed by atoms with Gasteiger partial charge in [0, 0.05) is 38.0 Å². The second-order valence-electron chi connectivity index (χ2n) is 5.79. The highest BCUT2D eigenvalue weighted by Crippen LogP contribution is 2.16. The topological polar surface area (TPSA) is 43.3 Å². The normalized spacial score (nSPS) is 20.0. The predicted molar refractivity (Wildman–Crippen MR) is 79.5 cm³/mol. The minimum atomic E-state index is 0.153. The Labute approximate surface area is 121 Å². The number of hydrogen-bond donors (Lipinski definition) is 1. The van der Waals surface area contributed by atoms with Gasteiger partial charge in [-0.1, -0.05) is 0 Å². The molecule has 20 heavy (non-hydrogen) atoms. The molecule has 0 bridgehead atoms. The summed E-state index contributed by atoms with van der Waals surface area (Å²) >= 11 is 0. The van der Waals surface area contributed by atoms with Gasteiger partial charge < -0.3 is 14.6 Å². The fraction of sp³-hybridized carbons (Fsp3) is 0.688. The maximum Gasteiger partial charge on any atom is 0.220 e. The molecule has 0 unspecified atom stereocenters. The van der Waals surface area contributed by atoms with Crippen molar-refractivity contribution < 1.29 is 9.53 Å². The van der Waals surface area contributed by atoms with Gasteiger partial charge in [0.1, 0.15) is 0 Å². The molecule has 112 valence electrons. The number of amides is 1. The quantitative estimate of drug-likeness (QED) is 0.832. The van der Waals surface area contributed by atoms with E-state index in [1.807, 2.05) is 0 Å². The van der Waals surface area contributed by atoms with E-state index in [1.165, 1.54) is 5.69 Å². The van der Waals surface area contributed by atoms with Crippen LogP contribution in [-0.2, 0) is 23.0 Å². The summed E-state index contributed by atoms with van der Waals surface area (Å²) in [5.41, 5.74) is 1.31. The largest absolute Gasteiger partial charge is 0.378 e. The Balaban J connectivity index is 1.62. The second-order valence-corrected chi connectivity index (χ2v) is 5.79. The fourth-order valence-electron chi connectivity index (χ4n) is 2.70. The molecule has 0 aromatic carbocycles. The number of nitrogens with one attached hydrogen (secondary N) is 1. The van der Waals surface area contributed by atoms with Crippen LogP contribution in [0.4, 0.5) is 0 Å². The number of carbonyl (C=O) groups is 1.